The third-order valence-electron chi connectivity index (χ3n) is 2.69. The van der Waals surface area contributed by atoms with Crippen LogP contribution in [0.4, 0.5) is 0 Å². The Labute approximate surface area is 93.4 Å². The van der Waals surface area contributed by atoms with Crippen molar-refractivity contribution in [2.24, 2.45) is 0 Å². The molecule has 0 aromatic rings. The number of aliphatic carboxylic acids is 1. The van der Waals surface area contributed by atoms with E-state index in [1.165, 1.54) is 0 Å². The molecule has 1 N–H and O–H groups in total. The van der Waals surface area contributed by atoms with E-state index in [1.807, 2.05) is 0 Å². The van der Waals surface area contributed by atoms with E-state index in [9.17, 15) is 4.79 Å². The van der Waals surface area contributed by atoms with E-state index in [4.69, 9.17) is 24.1 Å². The monoisotopic (exact) mass is 232 g/mol. The van der Waals surface area contributed by atoms with Gasteiger partial charge in [-0.3, -0.25) is 4.79 Å². The second kappa shape index (κ2) is 4.67. The van der Waals surface area contributed by atoms with E-state index in [-0.39, 0.29) is 24.9 Å². The third kappa shape index (κ3) is 2.52. The minimum Gasteiger partial charge on any atom is -0.481 e. The molecule has 2 aliphatic heterocycles. The van der Waals surface area contributed by atoms with Crippen molar-refractivity contribution in [3.05, 3.63) is 0 Å². The number of carboxylic acid groups (broad SMARTS) is 1. The Morgan fingerprint density at radius 1 is 1.25 bits per heavy atom. The number of fused-ring (bicyclic) bond motifs is 1. The summed E-state index contributed by atoms with van der Waals surface area (Å²) in [5.74, 6) is -0.902. The second-order valence-corrected chi connectivity index (χ2v) is 4.02. The van der Waals surface area contributed by atoms with Crippen LogP contribution in [-0.2, 0) is 23.7 Å². The summed E-state index contributed by atoms with van der Waals surface area (Å²) in [5, 5.41) is 8.80. The van der Waals surface area contributed by atoms with Crippen LogP contribution in [0.3, 0.4) is 0 Å². The first-order valence-electron chi connectivity index (χ1n) is 5.36. The Bertz CT molecular complexity index is 268. The lowest BCUT2D eigenvalue weighted by Crippen LogP contribution is -2.57. The molecule has 2 unspecified atom stereocenters. The molecule has 2 saturated heterocycles. The van der Waals surface area contributed by atoms with E-state index in [1.54, 1.807) is 13.8 Å². The zero-order valence-corrected chi connectivity index (χ0v) is 9.29. The fourth-order valence-electron chi connectivity index (χ4n) is 2.06. The van der Waals surface area contributed by atoms with Crippen molar-refractivity contribution in [3.8, 4) is 0 Å². The maximum Gasteiger partial charge on any atom is 0.306 e. The minimum atomic E-state index is -0.902. The van der Waals surface area contributed by atoms with E-state index in [0.717, 1.165) is 0 Å². The van der Waals surface area contributed by atoms with Crippen molar-refractivity contribution in [1.29, 1.82) is 0 Å². The number of hydrogen-bond donors (Lipinski definition) is 1. The highest BCUT2D eigenvalue weighted by molar-refractivity contribution is 5.67. The van der Waals surface area contributed by atoms with Crippen molar-refractivity contribution in [1.82, 2.24) is 0 Å². The van der Waals surface area contributed by atoms with E-state index < -0.39 is 18.4 Å². The first kappa shape index (κ1) is 11.8. The van der Waals surface area contributed by atoms with E-state index in [2.05, 4.69) is 0 Å². The summed E-state index contributed by atoms with van der Waals surface area (Å²) in [4.78, 5) is 10.7. The van der Waals surface area contributed by atoms with Crippen LogP contribution in [0.1, 0.15) is 20.3 Å². The van der Waals surface area contributed by atoms with Gasteiger partial charge in [0.25, 0.3) is 0 Å². The largest absolute Gasteiger partial charge is 0.481 e. The molecule has 0 bridgehead atoms. The summed E-state index contributed by atoms with van der Waals surface area (Å²) in [6.07, 6.45) is -1.94. The Kier molecular flexibility index (Phi) is 3.44. The molecular weight excluding hydrogens is 216 g/mol. The van der Waals surface area contributed by atoms with Crippen LogP contribution in [0, 0.1) is 0 Å². The molecule has 0 saturated carbocycles. The minimum absolute atomic E-state index is 0.0818. The molecule has 2 heterocycles. The summed E-state index contributed by atoms with van der Waals surface area (Å²) < 4.78 is 21.7. The van der Waals surface area contributed by atoms with Crippen molar-refractivity contribution in [3.63, 3.8) is 0 Å². The fourth-order valence-corrected chi connectivity index (χ4v) is 2.06. The number of rotatable bonds is 2. The van der Waals surface area contributed by atoms with Gasteiger partial charge < -0.3 is 24.1 Å². The van der Waals surface area contributed by atoms with Gasteiger partial charge in [-0.15, -0.1) is 0 Å². The average Bonchev–Trinajstić information content (AvgIpc) is 2.18. The average molecular weight is 232 g/mol. The summed E-state index contributed by atoms with van der Waals surface area (Å²) in [7, 11) is 0. The first-order chi connectivity index (χ1) is 7.56. The summed E-state index contributed by atoms with van der Waals surface area (Å²) in [6, 6.07) is 0. The molecular formula is C10H16O6. The molecule has 0 aromatic heterocycles. The standard InChI is InChI=1S/C10H16O6/c1-5-13-4-8-10(16-5)7(3-9(11)12)14-6(2)15-8/h5-8,10H,3-4H2,1-2H3,(H,11,12)/t5?,6?,7-,8+,10+/m1/s1. The van der Waals surface area contributed by atoms with Crippen LogP contribution < -0.4 is 0 Å². The van der Waals surface area contributed by atoms with Crippen molar-refractivity contribution in [2.45, 2.75) is 51.2 Å². The molecule has 0 aliphatic carbocycles. The molecule has 5 atom stereocenters. The van der Waals surface area contributed by atoms with Crippen LogP contribution in [-0.4, -0.2) is 48.6 Å². The lowest BCUT2D eigenvalue weighted by molar-refractivity contribution is -0.350. The van der Waals surface area contributed by atoms with Crippen LogP contribution in [0.15, 0.2) is 0 Å². The highest BCUT2D eigenvalue weighted by Crippen LogP contribution is 2.28. The van der Waals surface area contributed by atoms with Gasteiger partial charge >= 0.3 is 5.97 Å². The third-order valence-corrected chi connectivity index (χ3v) is 2.69. The lowest BCUT2D eigenvalue weighted by atomic mass is 10.0. The normalized spacial score (nSPS) is 43.8. The summed E-state index contributed by atoms with van der Waals surface area (Å²) >= 11 is 0. The van der Waals surface area contributed by atoms with Crippen LogP contribution in [0.2, 0.25) is 0 Å². The molecule has 2 aliphatic rings. The van der Waals surface area contributed by atoms with Crippen LogP contribution in [0.25, 0.3) is 0 Å². The van der Waals surface area contributed by atoms with Crippen LogP contribution >= 0.6 is 0 Å². The molecule has 0 radical (unpaired) electrons. The molecule has 6 heteroatoms. The number of carbonyl (C=O) groups is 1. The maximum atomic E-state index is 10.7. The zero-order chi connectivity index (χ0) is 11.7. The van der Waals surface area contributed by atoms with Gasteiger partial charge in [0, 0.05) is 0 Å². The Morgan fingerprint density at radius 2 is 2.00 bits per heavy atom. The molecule has 0 spiro atoms. The zero-order valence-electron chi connectivity index (χ0n) is 9.29. The van der Waals surface area contributed by atoms with Gasteiger partial charge in [-0.2, -0.15) is 0 Å². The van der Waals surface area contributed by atoms with Gasteiger partial charge in [-0.1, -0.05) is 0 Å². The SMILES string of the molecule is CC1OC[C@@H]2OC(C)O[C@H](CC(=O)O)[C@@H]2O1. The Balaban J connectivity index is 2.05. The van der Waals surface area contributed by atoms with E-state index in [0.29, 0.717) is 6.61 Å². The van der Waals surface area contributed by atoms with Gasteiger partial charge in [0.2, 0.25) is 0 Å². The van der Waals surface area contributed by atoms with Gasteiger partial charge in [0.1, 0.15) is 18.3 Å². The second-order valence-electron chi connectivity index (χ2n) is 4.02. The molecule has 0 aromatic carbocycles. The molecule has 6 nitrogen and oxygen atoms in total. The highest BCUT2D eigenvalue weighted by atomic mass is 16.8. The summed E-state index contributed by atoms with van der Waals surface area (Å²) in [5.41, 5.74) is 0. The smallest absolute Gasteiger partial charge is 0.306 e. The molecule has 2 rings (SSSR count). The van der Waals surface area contributed by atoms with Gasteiger partial charge in [0.15, 0.2) is 12.6 Å². The number of ether oxygens (including phenoxy) is 4. The van der Waals surface area contributed by atoms with Crippen LogP contribution in [0.5, 0.6) is 0 Å². The van der Waals surface area contributed by atoms with Crippen molar-refractivity contribution >= 4 is 5.97 Å². The fraction of sp³-hybridized carbons (Fsp3) is 0.900. The predicted octanol–water partition coefficient (Wildman–Crippen LogP) is 0.352. The van der Waals surface area contributed by atoms with Crippen molar-refractivity contribution in [2.75, 3.05) is 6.61 Å². The summed E-state index contributed by atoms with van der Waals surface area (Å²) in [6.45, 7) is 3.92. The maximum absolute atomic E-state index is 10.7. The van der Waals surface area contributed by atoms with Crippen molar-refractivity contribution < 1.29 is 28.8 Å². The quantitative estimate of drug-likeness (QED) is 0.740. The topological polar surface area (TPSA) is 74.2 Å². The Morgan fingerprint density at radius 3 is 2.69 bits per heavy atom. The lowest BCUT2D eigenvalue weighted by Gasteiger charge is -2.44. The van der Waals surface area contributed by atoms with E-state index >= 15 is 0 Å². The highest BCUT2D eigenvalue weighted by Gasteiger charge is 2.43. The number of carboxylic acids is 1. The first-order valence-corrected chi connectivity index (χ1v) is 5.36. The molecule has 92 valence electrons. The van der Waals surface area contributed by atoms with Gasteiger partial charge in [-0.05, 0) is 13.8 Å². The molecule has 16 heavy (non-hydrogen) atoms. The molecule has 0 amide bonds. The predicted molar refractivity (Wildman–Crippen MR) is 51.7 cm³/mol. The van der Waals surface area contributed by atoms with Gasteiger partial charge in [-0.25, -0.2) is 0 Å². The Hall–Kier alpha value is -0.690. The molecule has 2 fully saturated rings. The number of hydrogen-bond acceptors (Lipinski definition) is 5. The van der Waals surface area contributed by atoms with Gasteiger partial charge in [0.05, 0.1) is 13.0 Å².